The van der Waals surface area contributed by atoms with Gasteiger partial charge in [-0.2, -0.15) is 13.2 Å². The average Bonchev–Trinajstić information content (AvgIpc) is 3.08. The van der Waals surface area contributed by atoms with Gasteiger partial charge in [-0.05, 0) is 36.6 Å². The lowest BCUT2D eigenvalue weighted by Gasteiger charge is -2.13. The molecular formula is C17H15F3N2. The van der Waals surface area contributed by atoms with Crippen LogP contribution in [0.1, 0.15) is 17.7 Å². The van der Waals surface area contributed by atoms with E-state index in [-0.39, 0.29) is 5.41 Å². The highest BCUT2D eigenvalue weighted by atomic mass is 19.4. The van der Waals surface area contributed by atoms with Gasteiger partial charge in [0, 0.05) is 17.5 Å². The molecule has 22 heavy (non-hydrogen) atoms. The second-order valence-electron chi connectivity index (χ2n) is 6.17. The number of fused-ring (bicyclic) bond motifs is 1. The van der Waals surface area contributed by atoms with Crippen molar-refractivity contribution in [2.45, 2.75) is 18.0 Å². The van der Waals surface area contributed by atoms with Crippen LogP contribution in [-0.2, 0) is 11.6 Å². The minimum atomic E-state index is -4.41. The second kappa shape index (κ2) is 4.56. The predicted molar refractivity (Wildman–Crippen MR) is 77.3 cm³/mol. The van der Waals surface area contributed by atoms with Gasteiger partial charge in [0.1, 0.15) is 5.69 Å². The molecule has 1 saturated heterocycles. The van der Waals surface area contributed by atoms with Crippen molar-refractivity contribution in [3.8, 4) is 11.3 Å². The van der Waals surface area contributed by atoms with Gasteiger partial charge in [0.15, 0.2) is 0 Å². The molecule has 2 aromatic rings. The minimum absolute atomic E-state index is 0.264. The van der Waals surface area contributed by atoms with Gasteiger partial charge in [0.05, 0.1) is 5.69 Å². The van der Waals surface area contributed by atoms with Crippen LogP contribution < -0.4 is 5.32 Å². The van der Waals surface area contributed by atoms with Crippen LogP contribution in [0.3, 0.4) is 0 Å². The monoisotopic (exact) mass is 304 g/mol. The minimum Gasteiger partial charge on any atom is -0.316 e. The first-order chi connectivity index (χ1) is 10.5. The number of aromatic nitrogens is 1. The maximum Gasteiger partial charge on any atom is 0.433 e. The fourth-order valence-corrected chi connectivity index (χ4v) is 3.52. The van der Waals surface area contributed by atoms with Crippen molar-refractivity contribution in [3.63, 3.8) is 0 Å². The quantitative estimate of drug-likeness (QED) is 0.916. The molecule has 0 amide bonds. The van der Waals surface area contributed by atoms with E-state index < -0.39 is 11.9 Å². The Hall–Kier alpha value is -1.88. The first kappa shape index (κ1) is 13.8. The Labute approximate surface area is 126 Å². The largest absolute Gasteiger partial charge is 0.433 e. The Morgan fingerprint density at radius 1 is 1.09 bits per heavy atom. The highest BCUT2D eigenvalue weighted by molar-refractivity contribution is 5.60. The molecule has 1 aliphatic carbocycles. The van der Waals surface area contributed by atoms with Crippen LogP contribution in [0.2, 0.25) is 0 Å². The van der Waals surface area contributed by atoms with E-state index in [2.05, 4.69) is 10.3 Å². The first-order valence-corrected chi connectivity index (χ1v) is 7.35. The van der Waals surface area contributed by atoms with Crippen molar-refractivity contribution in [2.75, 3.05) is 13.1 Å². The number of hydrogen-bond acceptors (Lipinski definition) is 2. The normalized spacial score (nSPS) is 26.8. The number of hydrogen-bond donors (Lipinski definition) is 1. The number of benzene rings is 1. The van der Waals surface area contributed by atoms with Crippen LogP contribution in [0.15, 0.2) is 42.5 Å². The number of piperidine rings is 1. The SMILES string of the molecule is FC(F)(F)c1cccc(-c2ccc(C34CNCC3C4)cc2)n1. The van der Waals surface area contributed by atoms with E-state index in [1.807, 2.05) is 24.3 Å². The van der Waals surface area contributed by atoms with Crippen molar-refractivity contribution >= 4 is 0 Å². The number of alkyl halides is 3. The molecule has 2 unspecified atom stereocenters. The highest BCUT2D eigenvalue weighted by Gasteiger charge is 2.57. The standard InChI is InChI=1S/C17H15F3N2/c18-17(19,20)15-3-1-2-14(22-15)11-4-6-12(7-5-11)16-8-13(16)9-21-10-16/h1-7,13,21H,8-10H2. The summed E-state index contributed by atoms with van der Waals surface area (Å²) in [5.41, 5.74) is 1.76. The summed E-state index contributed by atoms with van der Waals surface area (Å²) in [6.07, 6.45) is -3.20. The maximum atomic E-state index is 12.7. The highest BCUT2D eigenvalue weighted by Crippen LogP contribution is 2.56. The summed E-state index contributed by atoms with van der Waals surface area (Å²) >= 11 is 0. The van der Waals surface area contributed by atoms with Crippen LogP contribution in [0.25, 0.3) is 11.3 Å². The smallest absolute Gasteiger partial charge is 0.316 e. The summed E-state index contributed by atoms with van der Waals surface area (Å²) in [5.74, 6) is 0.713. The molecule has 4 rings (SSSR count). The molecule has 5 heteroatoms. The number of pyridine rings is 1. The Morgan fingerprint density at radius 2 is 1.86 bits per heavy atom. The summed E-state index contributed by atoms with van der Waals surface area (Å²) in [4.78, 5) is 3.73. The second-order valence-corrected chi connectivity index (χ2v) is 6.17. The Balaban J connectivity index is 1.64. The van der Waals surface area contributed by atoms with Crippen molar-refractivity contribution in [1.82, 2.24) is 10.3 Å². The molecule has 1 N–H and O–H groups in total. The van der Waals surface area contributed by atoms with Gasteiger partial charge >= 0.3 is 6.18 Å². The van der Waals surface area contributed by atoms with Crippen LogP contribution in [0.5, 0.6) is 0 Å². The predicted octanol–water partition coefficient (Wildman–Crippen LogP) is 3.63. The van der Waals surface area contributed by atoms with E-state index in [1.54, 1.807) is 6.07 Å². The summed E-state index contributed by atoms with van der Waals surface area (Å²) in [7, 11) is 0. The van der Waals surface area contributed by atoms with Crippen molar-refractivity contribution in [2.24, 2.45) is 5.92 Å². The fourth-order valence-electron chi connectivity index (χ4n) is 3.52. The zero-order chi connectivity index (χ0) is 15.4. The molecule has 1 aromatic carbocycles. The van der Waals surface area contributed by atoms with E-state index in [0.29, 0.717) is 11.6 Å². The molecule has 0 spiro atoms. The third-order valence-electron chi connectivity index (χ3n) is 4.86. The molecule has 1 aromatic heterocycles. The van der Waals surface area contributed by atoms with Crippen molar-refractivity contribution in [3.05, 3.63) is 53.7 Å². The molecule has 2 nitrogen and oxygen atoms in total. The summed E-state index contributed by atoms with van der Waals surface area (Å²) in [6.45, 7) is 2.07. The van der Waals surface area contributed by atoms with Crippen LogP contribution in [0, 0.1) is 5.92 Å². The Kier molecular flexibility index (Phi) is 2.85. The van der Waals surface area contributed by atoms with Gasteiger partial charge in [-0.1, -0.05) is 30.3 Å². The zero-order valence-electron chi connectivity index (χ0n) is 11.8. The van der Waals surface area contributed by atoms with Gasteiger partial charge in [0.2, 0.25) is 0 Å². The Bertz CT molecular complexity index is 709. The number of rotatable bonds is 2. The molecule has 2 heterocycles. The molecule has 2 fully saturated rings. The summed E-state index contributed by atoms with van der Waals surface area (Å²) in [5, 5.41) is 3.39. The van der Waals surface area contributed by atoms with Crippen LogP contribution in [-0.4, -0.2) is 18.1 Å². The maximum absolute atomic E-state index is 12.7. The number of nitrogens with one attached hydrogen (secondary N) is 1. The third-order valence-corrected chi connectivity index (χ3v) is 4.86. The number of halogens is 3. The van der Waals surface area contributed by atoms with E-state index >= 15 is 0 Å². The average molecular weight is 304 g/mol. The lowest BCUT2D eigenvalue weighted by molar-refractivity contribution is -0.141. The van der Waals surface area contributed by atoms with Crippen LogP contribution in [0.4, 0.5) is 13.2 Å². The van der Waals surface area contributed by atoms with Crippen LogP contribution >= 0.6 is 0 Å². The summed E-state index contributed by atoms with van der Waals surface area (Å²) in [6, 6.07) is 11.8. The zero-order valence-corrected chi connectivity index (χ0v) is 11.8. The van der Waals surface area contributed by atoms with Gasteiger partial charge in [0.25, 0.3) is 0 Å². The van der Waals surface area contributed by atoms with Gasteiger partial charge in [-0.15, -0.1) is 0 Å². The fraction of sp³-hybridized carbons (Fsp3) is 0.353. The van der Waals surface area contributed by atoms with Crippen molar-refractivity contribution in [1.29, 1.82) is 0 Å². The third kappa shape index (κ3) is 2.11. The van der Waals surface area contributed by atoms with E-state index in [1.165, 1.54) is 18.1 Å². The Morgan fingerprint density at radius 3 is 2.45 bits per heavy atom. The molecule has 2 atom stereocenters. The lowest BCUT2D eigenvalue weighted by Crippen LogP contribution is -2.19. The van der Waals surface area contributed by atoms with E-state index in [0.717, 1.165) is 24.7 Å². The van der Waals surface area contributed by atoms with E-state index in [9.17, 15) is 13.2 Å². The molecule has 1 aliphatic heterocycles. The molecule has 114 valence electrons. The summed E-state index contributed by atoms with van der Waals surface area (Å²) < 4.78 is 38.2. The molecule has 0 bridgehead atoms. The van der Waals surface area contributed by atoms with Gasteiger partial charge < -0.3 is 5.32 Å². The van der Waals surface area contributed by atoms with Crippen molar-refractivity contribution < 1.29 is 13.2 Å². The van der Waals surface area contributed by atoms with Gasteiger partial charge in [-0.25, -0.2) is 4.98 Å². The van der Waals surface area contributed by atoms with E-state index in [4.69, 9.17) is 0 Å². The molecule has 0 radical (unpaired) electrons. The molecule has 1 saturated carbocycles. The first-order valence-electron chi connectivity index (χ1n) is 7.35. The molecule has 2 aliphatic rings. The number of nitrogens with zero attached hydrogens (tertiary/aromatic N) is 1. The van der Waals surface area contributed by atoms with Gasteiger partial charge in [-0.3, -0.25) is 0 Å². The topological polar surface area (TPSA) is 24.9 Å². The lowest BCUT2D eigenvalue weighted by atomic mass is 9.94. The molecular weight excluding hydrogens is 289 g/mol.